The molecule has 0 spiro atoms. The molecule has 1 rings (SSSR count). The number of rotatable bonds is 3. The smallest absolute Gasteiger partial charge is 0.190 e. The lowest BCUT2D eigenvalue weighted by Gasteiger charge is -2.13. The second-order valence-corrected chi connectivity index (χ2v) is 3.04. The van der Waals surface area contributed by atoms with E-state index >= 15 is 0 Å². The van der Waals surface area contributed by atoms with Gasteiger partial charge in [0.2, 0.25) is 0 Å². The zero-order valence-electron chi connectivity index (χ0n) is 8.32. The predicted molar refractivity (Wildman–Crippen MR) is 49.5 cm³/mol. The number of nitrogens with zero attached hydrogens (tertiary/aromatic N) is 1. The van der Waals surface area contributed by atoms with Crippen LogP contribution in [0.4, 0.5) is 8.78 Å². The summed E-state index contributed by atoms with van der Waals surface area (Å²) in [6.45, 7) is 0. The standard InChI is InChI=1S/C10H9F2NO3/c1-16-10-6(11)2-5(3-7(10)12)9(15)8(14)4-13/h2-3,8-9,14-15H,1H3. The first kappa shape index (κ1) is 12.4. The molecule has 2 unspecified atom stereocenters. The molecule has 0 amide bonds. The highest BCUT2D eigenvalue weighted by Gasteiger charge is 2.21. The van der Waals surface area contributed by atoms with E-state index in [2.05, 4.69) is 4.74 Å². The Morgan fingerprint density at radius 1 is 1.31 bits per heavy atom. The third kappa shape index (κ3) is 2.27. The lowest BCUT2D eigenvalue weighted by atomic mass is 10.0. The number of halogens is 2. The van der Waals surface area contributed by atoms with Crippen molar-refractivity contribution in [3.05, 3.63) is 29.3 Å². The van der Waals surface area contributed by atoms with Gasteiger partial charge in [-0.1, -0.05) is 0 Å². The molecule has 6 heteroatoms. The SMILES string of the molecule is COc1c(F)cc(C(O)C(O)C#N)cc1F. The maximum Gasteiger partial charge on any atom is 0.190 e. The van der Waals surface area contributed by atoms with E-state index in [0.717, 1.165) is 19.2 Å². The summed E-state index contributed by atoms with van der Waals surface area (Å²) >= 11 is 0. The third-order valence-corrected chi connectivity index (χ3v) is 2.00. The van der Waals surface area contributed by atoms with Crippen LogP contribution in [0.3, 0.4) is 0 Å². The Morgan fingerprint density at radius 2 is 1.81 bits per heavy atom. The summed E-state index contributed by atoms with van der Waals surface area (Å²) in [6, 6.07) is 2.96. The quantitative estimate of drug-likeness (QED) is 0.755. The number of methoxy groups -OCH3 is 1. The Balaban J connectivity index is 3.14. The van der Waals surface area contributed by atoms with Gasteiger partial charge in [-0.2, -0.15) is 5.26 Å². The molecule has 0 fully saturated rings. The fourth-order valence-electron chi connectivity index (χ4n) is 1.20. The van der Waals surface area contributed by atoms with E-state index in [4.69, 9.17) is 10.4 Å². The molecule has 0 aliphatic carbocycles. The highest BCUT2D eigenvalue weighted by molar-refractivity contribution is 5.33. The Kier molecular flexibility index (Phi) is 3.77. The fraction of sp³-hybridized carbons (Fsp3) is 0.300. The molecule has 86 valence electrons. The second kappa shape index (κ2) is 4.88. The van der Waals surface area contributed by atoms with E-state index in [-0.39, 0.29) is 5.56 Å². The highest BCUT2D eigenvalue weighted by Crippen LogP contribution is 2.26. The number of ether oxygens (including phenoxy) is 1. The van der Waals surface area contributed by atoms with Gasteiger partial charge in [-0.05, 0) is 17.7 Å². The van der Waals surface area contributed by atoms with Crippen molar-refractivity contribution in [3.63, 3.8) is 0 Å². The zero-order valence-corrected chi connectivity index (χ0v) is 8.32. The molecule has 0 bridgehead atoms. The van der Waals surface area contributed by atoms with Crippen LogP contribution in [0.5, 0.6) is 5.75 Å². The average molecular weight is 229 g/mol. The summed E-state index contributed by atoms with van der Waals surface area (Å²) in [5, 5.41) is 26.7. The van der Waals surface area contributed by atoms with Crippen LogP contribution >= 0.6 is 0 Å². The minimum Gasteiger partial charge on any atom is -0.491 e. The van der Waals surface area contributed by atoms with Crippen molar-refractivity contribution in [2.75, 3.05) is 7.11 Å². The number of hydrogen-bond donors (Lipinski definition) is 2. The van der Waals surface area contributed by atoms with Gasteiger partial charge in [0.05, 0.1) is 13.2 Å². The van der Waals surface area contributed by atoms with E-state index in [9.17, 15) is 13.9 Å². The van der Waals surface area contributed by atoms with Gasteiger partial charge in [0.15, 0.2) is 23.5 Å². The summed E-state index contributed by atoms with van der Waals surface area (Å²) < 4.78 is 30.8. The molecule has 0 aliphatic rings. The lowest BCUT2D eigenvalue weighted by Crippen LogP contribution is -2.16. The summed E-state index contributed by atoms with van der Waals surface area (Å²) in [6.07, 6.45) is -3.41. The largest absolute Gasteiger partial charge is 0.491 e. The fourth-order valence-corrected chi connectivity index (χ4v) is 1.20. The van der Waals surface area contributed by atoms with Crippen molar-refractivity contribution in [3.8, 4) is 11.8 Å². The molecule has 4 nitrogen and oxygen atoms in total. The third-order valence-electron chi connectivity index (χ3n) is 2.00. The topological polar surface area (TPSA) is 73.5 Å². The average Bonchev–Trinajstić information content (AvgIpc) is 2.26. The maximum absolute atomic E-state index is 13.2. The van der Waals surface area contributed by atoms with Crippen molar-refractivity contribution < 1.29 is 23.7 Å². The van der Waals surface area contributed by atoms with Crippen molar-refractivity contribution in [2.24, 2.45) is 0 Å². The maximum atomic E-state index is 13.2. The van der Waals surface area contributed by atoms with Crippen molar-refractivity contribution in [1.82, 2.24) is 0 Å². The van der Waals surface area contributed by atoms with E-state index < -0.39 is 29.6 Å². The minimum absolute atomic E-state index is 0.232. The predicted octanol–water partition coefficient (Wildman–Crippen LogP) is 0.891. The number of benzene rings is 1. The molecule has 2 atom stereocenters. The first-order valence-electron chi connectivity index (χ1n) is 4.30. The molecule has 0 radical (unpaired) electrons. The first-order chi connectivity index (χ1) is 7.51. The van der Waals surface area contributed by atoms with E-state index in [1.165, 1.54) is 6.07 Å². The zero-order chi connectivity index (χ0) is 12.3. The van der Waals surface area contributed by atoms with E-state index in [1.807, 2.05) is 0 Å². The van der Waals surface area contributed by atoms with Gasteiger partial charge in [0.1, 0.15) is 6.10 Å². The second-order valence-electron chi connectivity index (χ2n) is 3.04. The normalized spacial score (nSPS) is 14.0. The van der Waals surface area contributed by atoms with Crippen LogP contribution < -0.4 is 4.74 Å². The van der Waals surface area contributed by atoms with Crippen LogP contribution in [-0.2, 0) is 0 Å². The van der Waals surface area contributed by atoms with Gasteiger partial charge in [-0.3, -0.25) is 0 Å². The first-order valence-corrected chi connectivity index (χ1v) is 4.30. The van der Waals surface area contributed by atoms with Crippen LogP contribution in [0.2, 0.25) is 0 Å². The lowest BCUT2D eigenvalue weighted by molar-refractivity contribution is 0.0523. The molecule has 0 saturated heterocycles. The monoisotopic (exact) mass is 229 g/mol. The number of nitriles is 1. The van der Waals surface area contributed by atoms with Crippen LogP contribution in [0, 0.1) is 23.0 Å². The van der Waals surface area contributed by atoms with Gasteiger partial charge in [0.25, 0.3) is 0 Å². The van der Waals surface area contributed by atoms with Crippen LogP contribution in [-0.4, -0.2) is 23.4 Å². The number of hydrogen-bond acceptors (Lipinski definition) is 4. The molecule has 1 aromatic carbocycles. The number of aliphatic hydroxyl groups excluding tert-OH is 2. The van der Waals surface area contributed by atoms with Crippen LogP contribution in [0.1, 0.15) is 11.7 Å². The van der Waals surface area contributed by atoms with Gasteiger partial charge in [-0.25, -0.2) is 8.78 Å². The van der Waals surface area contributed by atoms with Gasteiger partial charge in [0, 0.05) is 0 Å². The summed E-state index contributed by atoms with van der Waals surface area (Å²) in [4.78, 5) is 0. The molecule has 1 aromatic rings. The minimum atomic E-state index is -1.74. The molecule has 16 heavy (non-hydrogen) atoms. The summed E-state index contributed by atoms with van der Waals surface area (Å²) in [5.74, 6) is -2.61. The Bertz CT molecular complexity index is 408. The molecular formula is C10H9F2NO3. The molecule has 0 saturated carbocycles. The van der Waals surface area contributed by atoms with Gasteiger partial charge in [-0.15, -0.1) is 0 Å². The molecule has 0 heterocycles. The highest BCUT2D eigenvalue weighted by atomic mass is 19.1. The Labute approximate surface area is 90.3 Å². The summed E-state index contributed by atoms with van der Waals surface area (Å²) in [5.41, 5.74) is -0.232. The number of aliphatic hydroxyl groups is 2. The Hall–Kier alpha value is -1.71. The Morgan fingerprint density at radius 3 is 2.19 bits per heavy atom. The van der Waals surface area contributed by atoms with E-state index in [1.54, 1.807) is 0 Å². The van der Waals surface area contributed by atoms with Crippen LogP contribution in [0.15, 0.2) is 12.1 Å². The van der Waals surface area contributed by atoms with Crippen molar-refractivity contribution >= 4 is 0 Å². The molecular weight excluding hydrogens is 220 g/mol. The molecule has 0 aromatic heterocycles. The van der Waals surface area contributed by atoms with Gasteiger partial charge < -0.3 is 14.9 Å². The van der Waals surface area contributed by atoms with Crippen molar-refractivity contribution in [2.45, 2.75) is 12.2 Å². The van der Waals surface area contributed by atoms with Crippen LogP contribution in [0.25, 0.3) is 0 Å². The van der Waals surface area contributed by atoms with E-state index in [0.29, 0.717) is 0 Å². The summed E-state index contributed by atoms with van der Waals surface area (Å²) in [7, 11) is 1.10. The van der Waals surface area contributed by atoms with Gasteiger partial charge >= 0.3 is 0 Å². The van der Waals surface area contributed by atoms with Crippen molar-refractivity contribution in [1.29, 1.82) is 5.26 Å². The molecule has 0 aliphatic heterocycles. The molecule has 2 N–H and O–H groups in total.